The highest BCUT2D eigenvalue weighted by Gasteiger charge is 2.23. The van der Waals surface area contributed by atoms with Crippen LogP contribution in [0.25, 0.3) is 0 Å². The number of nitrogens with zero attached hydrogens (tertiary/aromatic N) is 1. The summed E-state index contributed by atoms with van der Waals surface area (Å²) >= 11 is 0. The number of rotatable bonds is 6. The van der Waals surface area contributed by atoms with Crippen LogP contribution in [-0.2, 0) is 10.0 Å². The Morgan fingerprint density at radius 2 is 1.72 bits per heavy atom. The fourth-order valence-corrected chi connectivity index (χ4v) is 3.46. The molecule has 0 aliphatic carbocycles. The van der Waals surface area contributed by atoms with Gasteiger partial charge < -0.3 is 14.4 Å². The van der Waals surface area contributed by atoms with Crippen LogP contribution in [0.3, 0.4) is 0 Å². The minimum absolute atomic E-state index is 0.0820. The van der Waals surface area contributed by atoms with Crippen LogP contribution < -0.4 is 14.2 Å². The van der Waals surface area contributed by atoms with Crippen LogP contribution in [0.4, 0.5) is 5.69 Å². The second-order valence-electron chi connectivity index (χ2n) is 5.37. The van der Waals surface area contributed by atoms with E-state index in [1.54, 1.807) is 38.4 Å². The summed E-state index contributed by atoms with van der Waals surface area (Å²) in [7, 11) is 2.02. The first-order valence-corrected chi connectivity index (χ1v) is 8.84. The molecule has 0 aliphatic heterocycles. The Balaban J connectivity index is 2.49. The predicted octanol–water partition coefficient (Wildman–Crippen LogP) is 2.21. The summed E-state index contributed by atoms with van der Waals surface area (Å²) in [6.07, 6.45) is 0. The average Bonchev–Trinajstić information content (AvgIpc) is 2.60. The summed E-state index contributed by atoms with van der Waals surface area (Å²) in [5.41, 5.74) is 0.434. The lowest BCUT2D eigenvalue weighted by molar-refractivity contribution is 0.0828. The zero-order valence-electron chi connectivity index (χ0n) is 14.4. The summed E-state index contributed by atoms with van der Waals surface area (Å²) in [5, 5.41) is 0. The van der Waals surface area contributed by atoms with Gasteiger partial charge in [-0.3, -0.25) is 9.52 Å². The Morgan fingerprint density at radius 3 is 2.32 bits per heavy atom. The van der Waals surface area contributed by atoms with E-state index in [1.165, 1.54) is 37.3 Å². The van der Waals surface area contributed by atoms with Crippen molar-refractivity contribution < 1.29 is 22.7 Å². The molecule has 2 rings (SSSR count). The van der Waals surface area contributed by atoms with Crippen molar-refractivity contribution in [3.05, 3.63) is 48.0 Å². The highest BCUT2D eigenvalue weighted by molar-refractivity contribution is 7.92. The molecule has 0 saturated heterocycles. The van der Waals surface area contributed by atoms with E-state index in [2.05, 4.69) is 4.72 Å². The van der Waals surface area contributed by atoms with E-state index in [0.29, 0.717) is 5.75 Å². The first-order chi connectivity index (χ1) is 11.8. The van der Waals surface area contributed by atoms with Crippen molar-refractivity contribution in [3.63, 3.8) is 0 Å². The minimum Gasteiger partial charge on any atom is -0.497 e. The van der Waals surface area contributed by atoms with Crippen LogP contribution in [0.15, 0.2) is 47.4 Å². The van der Waals surface area contributed by atoms with Crippen molar-refractivity contribution in [2.45, 2.75) is 4.90 Å². The number of hydrogen-bond donors (Lipinski definition) is 1. The zero-order chi connectivity index (χ0) is 18.6. The van der Waals surface area contributed by atoms with Crippen molar-refractivity contribution in [2.24, 2.45) is 0 Å². The molecule has 8 heteroatoms. The Kier molecular flexibility index (Phi) is 5.53. The third-order valence-corrected chi connectivity index (χ3v) is 4.85. The molecule has 25 heavy (non-hydrogen) atoms. The summed E-state index contributed by atoms with van der Waals surface area (Å²) in [6.45, 7) is 0. The van der Waals surface area contributed by atoms with E-state index in [-0.39, 0.29) is 27.8 Å². The van der Waals surface area contributed by atoms with Crippen molar-refractivity contribution in [1.29, 1.82) is 0 Å². The van der Waals surface area contributed by atoms with Crippen LogP contribution in [0.5, 0.6) is 11.5 Å². The number of anilines is 1. The van der Waals surface area contributed by atoms with E-state index in [9.17, 15) is 13.2 Å². The maximum atomic E-state index is 12.8. The average molecular weight is 364 g/mol. The van der Waals surface area contributed by atoms with Gasteiger partial charge in [0.25, 0.3) is 15.9 Å². The number of benzene rings is 2. The van der Waals surface area contributed by atoms with Gasteiger partial charge in [-0.2, -0.15) is 0 Å². The molecule has 7 nitrogen and oxygen atoms in total. The first-order valence-electron chi connectivity index (χ1n) is 7.35. The number of para-hydroxylation sites is 1. The molecule has 0 spiro atoms. The molecule has 0 aliphatic rings. The summed E-state index contributed by atoms with van der Waals surface area (Å²) in [4.78, 5) is 13.5. The van der Waals surface area contributed by atoms with Gasteiger partial charge in [-0.05, 0) is 24.3 Å². The SMILES string of the molecule is COc1ccc(OC)c(S(=O)(=O)Nc2ccccc2C(=O)N(C)C)c1. The molecule has 0 heterocycles. The Bertz CT molecular complexity index is 878. The van der Waals surface area contributed by atoms with E-state index in [4.69, 9.17) is 9.47 Å². The number of sulfonamides is 1. The Hall–Kier alpha value is -2.74. The molecule has 134 valence electrons. The van der Waals surface area contributed by atoms with Gasteiger partial charge in [-0.25, -0.2) is 8.42 Å². The normalized spacial score (nSPS) is 10.9. The molecule has 0 fully saturated rings. The fourth-order valence-electron chi connectivity index (χ4n) is 2.19. The van der Waals surface area contributed by atoms with Gasteiger partial charge in [-0.1, -0.05) is 12.1 Å². The highest BCUT2D eigenvalue weighted by Crippen LogP contribution is 2.30. The van der Waals surface area contributed by atoms with Crippen LogP contribution in [-0.4, -0.2) is 47.5 Å². The molecule has 1 amide bonds. The largest absolute Gasteiger partial charge is 0.497 e. The van der Waals surface area contributed by atoms with Gasteiger partial charge in [0.05, 0.1) is 25.5 Å². The number of amides is 1. The standard InChI is InChI=1S/C17H20N2O5S/c1-19(2)17(20)13-7-5-6-8-14(13)18-25(21,22)16-11-12(23-3)9-10-15(16)24-4/h5-11,18H,1-4H3. The topological polar surface area (TPSA) is 84.9 Å². The molecular weight excluding hydrogens is 344 g/mol. The number of carbonyl (C=O) groups is 1. The Morgan fingerprint density at radius 1 is 1.04 bits per heavy atom. The molecule has 0 radical (unpaired) electrons. The van der Waals surface area contributed by atoms with E-state index >= 15 is 0 Å². The van der Waals surface area contributed by atoms with Crippen LogP contribution in [0.2, 0.25) is 0 Å². The summed E-state index contributed by atoms with van der Waals surface area (Å²) < 4.78 is 38.3. The maximum Gasteiger partial charge on any atom is 0.265 e. The van der Waals surface area contributed by atoms with Crippen molar-refractivity contribution in [1.82, 2.24) is 4.90 Å². The Labute approximate surface area is 147 Å². The molecule has 0 bridgehead atoms. The lowest BCUT2D eigenvalue weighted by Gasteiger charge is -2.16. The van der Waals surface area contributed by atoms with Gasteiger partial charge in [0.1, 0.15) is 16.4 Å². The third kappa shape index (κ3) is 4.03. The van der Waals surface area contributed by atoms with Crippen molar-refractivity contribution in [2.75, 3.05) is 33.0 Å². The van der Waals surface area contributed by atoms with Gasteiger partial charge >= 0.3 is 0 Å². The van der Waals surface area contributed by atoms with E-state index < -0.39 is 10.0 Å². The van der Waals surface area contributed by atoms with Gasteiger partial charge in [0.2, 0.25) is 0 Å². The van der Waals surface area contributed by atoms with Crippen LogP contribution in [0, 0.1) is 0 Å². The lowest BCUT2D eigenvalue weighted by atomic mass is 10.1. The first kappa shape index (κ1) is 18.6. The second kappa shape index (κ2) is 7.43. The lowest BCUT2D eigenvalue weighted by Crippen LogP contribution is -2.24. The molecular formula is C17H20N2O5S. The smallest absolute Gasteiger partial charge is 0.265 e. The molecule has 2 aromatic rings. The number of methoxy groups -OCH3 is 2. The number of carbonyl (C=O) groups excluding carboxylic acids is 1. The summed E-state index contributed by atoms with van der Waals surface area (Å²) in [5.74, 6) is 0.236. The second-order valence-corrected chi connectivity index (χ2v) is 7.02. The van der Waals surface area contributed by atoms with Crippen molar-refractivity contribution in [3.8, 4) is 11.5 Å². The zero-order valence-corrected chi connectivity index (χ0v) is 15.3. The quantitative estimate of drug-likeness (QED) is 0.849. The molecule has 2 aromatic carbocycles. The molecule has 0 atom stereocenters. The number of ether oxygens (including phenoxy) is 2. The maximum absolute atomic E-state index is 12.8. The van der Waals surface area contributed by atoms with Crippen LogP contribution in [0.1, 0.15) is 10.4 Å². The van der Waals surface area contributed by atoms with Gasteiger partial charge in [0, 0.05) is 20.2 Å². The molecule has 0 unspecified atom stereocenters. The van der Waals surface area contributed by atoms with E-state index in [0.717, 1.165) is 0 Å². The van der Waals surface area contributed by atoms with Crippen molar-refractivity contribution >= 4 is 21.6 Å². The molecule has 0 saturated carbocycles. The van der Waals surface area contributed by atoms with Gasteiger partial charge in [0.15, 0.2) is 0 Å². The molecule has 0 aromatic heterocycles. The molecule has 1 N–H and O–H groups in total. The van der Waals surface area contributed by atoms with E-state index in [1.807, 2.05) is 0 Å². The number of nitrogens with one attached hydrogen (secondary N) is 1. The fraction of sp³-hybridized carbons (Fsp3) is 0.235. The monoisotopic (exact) mass is 364 g/mol. The minimum atomic E-state index is -4.00. The number of hydrogen-bond acceptors (Lipinski definition) is 5. The summed E-state index contributed by atoms with van der Waals surface area (Å²) in [6, 6.07) is 10.9. The third-order valence-electron chi connectivity index (χ3n) is 3.47. The van der Waals surface area contributed by atoms with Gasteiger partial charge in [-0.15, -0.1) is 0 Å². The van der Waals surface area contributed by atoms with Crippen LogP contribution >= 0.6 is 0 Å². The highest BCUT2D eigenvalue weighted by atomic mass is 32.2. The predicted molar refractivity (Wildman–Crippen MR) is 94.8 cm³/mol.